The summed E-state index contributed by atoms with van der Waals surface area (Å²) in [5, 5.41) is 8.41. The number of rotatable bonds is 6. The molecule has 0 aliphatic carbocycles. The first kappa shape index (κ1) is 18.5. The molecule has 0 atom stereocenters. The van der Waals surface area contributed by atoms with Crippen LogP contribution in [0, 0.1) is 11.3 Å². The van der Waals surface area contributed by atoms with Crippen molar-refractivity contribution in [3.8, 4) is 11.8 Å². The third-order valence-corrected chi connectivity index (χ3v) is 5.44. The molecule has 7 nitrogen and oxygen atoms in total. The third-order valence-electron chi connectivity index (χ3n) is 2.63. The van der Waals surface area contributed by atoms with Crippen molar-refractivity contribution in [3.63, 3.8) is 0 Å². The molecule has 0 unspecified atom stereocenters. The molecular formula is C12H12Cl2N2O5S. The fraction of sp³-hybridized carbons (Fsp3) is 0.333. The number of hydrogen-bond acceptors (Lipinski definition) is 6. The molecule has 0 heterocycles. The van der Waals surface area contributed by atoms with Crippen molar-refractivity contribution in [2.75, 3.05) is 27.3 Å². The number of hydrogen-bond donors (Lipinski definition) is 0. The summed E-state index contributed by atoms with van der Waals surface area (Å²) in [5.74, 6) is -0.611. The Morgan fingerprint density at radius 1 is 1.32 bits per heavy atom. The van der Waals surface area contributed by atoms with E-state index in [0.717, 1.165) is 7.11 Å². The third kappa shape index (κ3) is 3.81. The van der Waals surface area contributed by atoms with E-state index >= 15 is 0 Å². The number of halogens is 2. The van der Waals surface area contributed by atoms with Gasteiger partial charge in [0.25, 0.3) is 0 Å². The highest BCUT2D eigenvalue weighted by atomic mass is 35.5. The second-order valence-corrected chi connectivity index (χ2v) is 6.56. The summed E-state index contributed by atoms with van der Waals surface area (Å²) >= 11 is 11.9. The summed E-state index contributed by atoms with van der Waals surface area (Å²) in [6.45, 7) is -1.16. The topological polar surface area (TPSA) is 96.7 Å². The Hall–Kier alpha value is -1.53. The van der Waals surface area contributed by atoms with Gasteiger partial charge in [-0.25, -0.2) is 8.42 Å². The van der Waals surface area contributed by atoms with Crippen LogP contribution in [0.2, 0.25) is 10.0 Å². The first-order chi connectivity index (χ1) is 10.3. The summed E-state index contributed by atoms with van der Waals surface area (Å²) in [5.41, 5.74) is 0. The maximum absolute atomic E-state index is 12.5. The second kappa shape index (κ2) is 7.65. The summed E-state index contributed by atoms with van der Waals surface area (Å²) in [4.78, 5) is 11.0. The van der Waals surface area contributed by atoms with Crippen LogP contribution in [0.1, 0.15) is 0 Å². The van der Waals surface area contributed by atoms with Crippen molar-refractivity contribution < 1.29 is 22.7 Å². The van der Waals surface area contributed by atoms with Crippen molar-refractivity contribution in [2.24, 2.45) is 0 Å². The van der Waals surface area contributed by atoms with Gasteiger partial charge in [0, 0.05) is 0 Å². The molecule has 0 fully saturated rings. The Morgan fingerprint density at radius 3 is 2.45 bits per heavy atom. The average Bonchev–Trinajstić information content (AvgIpc) is 2.48. The van der Waals surface area contributed by atoms with Gasteiger partial charge in [-0.15, -0.1) is 0 Å². The second-order valence-electron chi connectivity index (χ2n) is 3.90. The first-order valence-corrected chi connectivity index (χ1v) is 7.95. The molecule has 1 aromatic carbocycles. The normalized spacial score (nSPS) is 11.1. The standard InChI is InChI=1S/C12H12Cl2N2O5S/c1-20-8-3-4-9(12(14)11(8)13)22(18,19)16(6-5-15)7-10(17)21-2/h3-4H,6-7H2,1-2H3. The number of methoxy groups -OCH3 is 2. The predicted molar refractivity (Wildman–Crippen MR) is 79.4 cm³/mol. The summed E-state index contributed by atoms with van der Waals surface area (Å²) in [7, 11) is -1.75. The van der Waals surface area contributed by atoms with Gasteiger partial charge in [-0.2, -0.15) is 9.57 Å². The quantitative estimate of drug-likeness (QED) is 0.561. The van der Waals surface area contributed by atoms with E-state index < -0.39 is 29.1 Å². The molecule has 0 aliphatic rings. The van der Waals surface area contributed by atoms with Crippen LogP contribution in [-0.4, -0.2) is 46.0 Å². The molecule has 0 aromatic heterocycles. The van der Waals surface area contributed by atoms with E-state index in [1.807, 2.05) is 0 Å². The average molecular weight is 367 g/mol. The Labute approximate surface area is 138 Å². The highest BCUT2D eigenvalue weighted by Crippen LogP contribution is 2.37. The van der Waals surface area contributed by atoms with Crippen LogP contribution in [0.25, 0.3) is 0 Å². The molecule has 0 bridgehead atoms. The number of esters is 1. The minimum atomic E-state index is -4.21. The van der Waals surface area contributed by atoms with Gasteiger partial charge in [-0.05, 0) is 12.1 Å². The lowest BCUT2D eigenvalue weighted by Crippen LogP contribution is -2.36. The van der Waals surface area contributed by atoms with E-state index in [4.69, 9.17) is 33.2 Å². The molecule has 0 radical (unpaired) electrons. The summed E-state index contributed by atoms with van der Waals surface area (Å²) in [6.07, 6.45) is 0. The van der Waals surface area contributed by atoms with Crippen LogP contribution in [0.3, 0.4) is 0 Å². The Morgan fingerprint density at radius 2 is 1.95 bits per heavy atom. The maximum Gasteiger partial charge on any atom is 0.321 e. The lowest BCUT2D eigenvalue weighted by atomic mass is 10.3. The fourth-order valence-corrected chi connectivity index (χ4v) is 3.62. The summed E-state index contributed by atoms with van der Waals surface area (Å²) in [6, 6.07) is 4.18. The maximum atomic E-state index is 12.5. The molecule has 0 N–H and O–H groups in total. The molecule has 0 amide bonds. The lowest BCUT2D eigenvalue weighted by molar-refractivity contribution is -0.140. The molecule has 1 aromatic rings. The largest absolute Gasteiger partial charge is 0.495 e. The number of benzene rings is 1. The van der Waals surface area contributed by atoms with Gasteiger partial charge in [0.1, 0.15) is 28.8 Å². The zero-order chi connectivity index (χ0) is 16.9. The van der Waals surface area contributed by atoms with Crippen molar-refractivity contribution in [3.05, 3.63) is 22.2 Å². The molecule has 22 heavy (non-hydrogen) atoms. The highest BCUT2D eigenvalue weighted by molar-refractivity contribution is 7.89. The Kier molecular flexibility index (Phi) is 6.44. The molecule has 10 heteroatoms. The molecular weight excluding hydrogens is 355 g/mol. The van der Waals surface area contributed by atoms with Gasteiger partial charge in [0.2, 0.25) is 10.0 Å². The zero-order valence-corrected chi connectivity index (χ0v) is 14.0. The minimum Gasteiger partial charge on any atom is -0.495 e. The van der Waals surface area contributed by atoms with E-state index in [1.54, 1.807) is 6.07 Å². The minimum absolute atomic E-state index is 0.0831. The molecule has 120 valence electrons. The highest BCUT2D eigenvalue weighted by Gasteiger charge is 2.30. The molecule has 0 saturated heterocycles. The molecule has 0 spiro atoms. The Balaban J connectivity index is 3.35. The lowest BCUT2D eigenvalue weighted by Gasteiger charge is -2.19. The first-order valence-electron chi connectivity index (χ1n) is 5.75. The fourth-order valence-electron chi connectivity index (χ4n) is 1.52. The molecule has 0 saturated carbocycles. The molecule has 0 aliphatic heterocycles. The predicted octanol–water partition coefficient (Wildman–Crippen LogP) is 1.69. The van der Waals surface area contributed by atoms with E-state index in [1.165, 1.54) is 19.2 Å². The smallest absolute Gasteiger partial charge is 0.321 e. The van der Waals surface area contributed by atoms with Gasteiger partial charge < -0.3 is 9.47 Å². The van der Waals surface area contributed by atoms with Crippen LogP contribution < -0.4 is 4.74 Å². The number of nitrogens with zero attached hydrogens (tertiary/aromatic N) is 2. The summed E-state index contributed by atoms with van der Waals surface area (Å²) < 4.78 is 35.0. The zero-order valence-electron chi connectivity index (χ0n) is 11.7. The van der Waals surface area contributed by atoms with E-state index in [2.05, 4.69) is 4.74 Å². The number of sulfonamides is 1. The number of carbonyl (C=O) groups excluding carboxylic acids is 1. The van der Waals surface area contributed by atoms with Gasteiger partial charge in [-0.3, -0.25) is 4.79 Å². The van der Waals surface area contributed by atoms with Crippen LogP contribution in [0.4, 0.5) is 0 Å². The van der Waals surface area contributed by atoms with Crippen LogP contribution in [0.15, 0.2) is 17.0 Å². The van der Waals surface area contributed by atoms with Crippen molar-refractivity contribution in [1.29, 1.82) is 5.26 Å². The monoisotopic (exact) mass is 366 g/mol. The van der Waals surface area contributed by atoms with Gasteiger partial charge >= 0.3 is 5.97 Å². The van der Waals surface area contributed by atoms with Gasteiger partial charge in [-0.1, -0.05) is 23.2 Å². The van der Waals surface area contributed by atoms with Crippen LogP contribution in [0.5, 0.6) is 5.75 Å². The van der Waals surface area contributed by atoms with Crippen molar-refractivity contribution >= 4 is 39.2 Å². The Bertz CT molecular complexity index is 715. The van der Waals surface area contributed by atoms with Crippen molar-refractivity contribution in [1.82, 2.24) is 4.31 Å². The van der Waals surface area contributed by atoms with Crippen molar-refractivity contribution in [2.45, 2.75) is 4.90 Å². The van der Waals surface area contributed by atoms with E-state index in [9.17, 15) is 13.2 Å². The SMILES string of the molecule is COC(=O)CN(CC#N)S(=O)(=O)c1ccc(OC)c(Cl)c1Cl. The van der Waals surface area contributed by atoms with Crippen LogP contribution >= 0.6 is 23.2 Å². The van der Waals surface area contributed by atoms with E-state index in [-0.39, 0.29) is 20.7 Å². The van der Waals surface area contributed by atoms with Crippen LogP contribution in [-0.2, 0) is 19.6 Å². The van der Waals surface area contributed by atoms with Gasteiger partial charge in [0.15, 0.2) is 0 Å². The number of ether oxygens (including phenoxy) is 2. The molecule has 1 rings (SSSR count). The van der Waals surface area contributed by atoms with Gasteiger partial charge in [0.05, 0.1) is 25.3 Å². The number of nitriles is 1. The number of carbonyl (C=O) groups is 1. The van der Waals surface area contributed by atoms with E-state index in [0.29, 0.717) is 4.31 Å².